The standard InChI is InChI=1S/C22H18N2/c1-15-8-7-10-17(14-15)21-19-12-5-6-13-20(19)23-22(24-21)18-11-4-3-9-16(18)2/h3-14H,1-2H3. The highest BCUT2D eigenvalue weighted by atomic mass is 14.9. The van der Waals surface area contributed by atoms with Crippen molar-refractivity contribution in [3.05, 3.63) is 83.9 Å². The van der Waals surface area contributed by atoms with Gasteiger partial charge >= 0.3 is 0 Å². The quantitative estimate of drug-likeness (QED) is 0.483. The molecule has 0 saturated heterocycles. The Morgan fingerprint density at radius 3 is 2.33 bits per heavy atom. The summed E-state index contributed by atoms with van der Waals surface area (Å²) >= 11 is 0. The lowest BCUT2D eigenvalue weighted by molar-refractivity contribution is 1.21. The third-order valence-corrected chi connectivity index (χ3v) is 4.28. The number of hydrogen-bond donors (Lipinski definition) is 0. The average Bonchev–Trinajstić information content (AvgIpc) is 2.61. The number of para-hydroxylation sites is 1. The predicted molar refractivity (Wildman–Crippen MR) is 99.9 cm³/mol. The van der Waals surface area contributed by atoms with Crippen molar-refractivity contribution in [2.24, 2.45) is 0 Å². The molecule has 24 heavy (non-hydrogen) atoms. The highest BCUT2D eigenvalue weighted by Gasteiger charge is 2.12. The Kier molecular flexibility index (Phi) is 3.58. The van der Waals surface area contributed by atoms with Crippen LogP contribution in [0.15, 0.2) is 72.8 Å². The van der Waals surface area contributed by atoms with Gasteiger partial charge in [-0.25, -0.2) is 9.97 Å². The van der Waals surface area contributed by atoms with Crippen LogP contribution < -0.4 is 0 Å². The number of aromatic nitrogens is 2. The smallest absolute Gasteiger partial charge is 0.160 e. The van der Waals surface area contributed by atoms with Gasteiger partial charge in [-0.1, -0.05) is 66.2 Å². The van der Waals surface area contributed by atoms with Gasteiger partial charge in [0.15, 0.2) is 5.82 Å². The number of fused-ring (bicyclic) bond motifs is 1. The maximum Gasteiger partial charge on any atom is 0.160 e. The summed E-state index contributed by atoms with van der Waals surface area (Å²) in [5.74, 6) is 0.781. The molecule has 0 aliphatic carbocycles. The SMILES string of the molecule is Cc1cccc(-c2nc(-c3ccccc3C)nc3ccccc23)c1. The normalized spacial score (nSPS) is 10.9. The Morgan fingerprint density at radius 1 is 0.708 bits per heavy atom. The second-order valence-electron chi connectivity index (χ2n) is 6.10. The molecule has 0 amide bonds. The lowest BCUT2D eigenvalue weighted by atomic mass is 10.0. The van der Waals surface area contributed by atoms with Crippen LogP contribution in [-0.2, 0) is 0 Å². The number of hydrogen-bond acceptors (Lipinski definition) is 2. The van der Waals surface area contributed by atoms with Crippen molar-refractivity contribution in [1.29, 1.82) is 0 Å². The summed E-state index contributed by atoms with van der Waals surface area (Å²) < 4.78 is 0. The third kappa shape index (κ3) is 2.56. The minimum atomic E-state index is 0.781. The molecule has 2 nitrogen and oxygen atoms in total. The highest BCUT2D eigenvalue weighted by Crippen LogP contribution is 2.30. The van der Waals surface area contributed by atoms with E-state index in [-0.39, 0.29) is 0 Å². The molecule has 0 bridgehead atoms. The van der Waals surface area contributed by atoms with E-state index < -0.39 is 0 Å². The lowest BCUT2D eigenvalue weighted by Crippen LogP contribution is -1.96. The number of aryl methyl sites for hydroxylation is 2. The molecule has 0 saturated carbocycles. The van der Waals surface area contributed by atoms with Gasteiger partial charge in [0, 0.05) is 16.5 Å². The zero-order valence-electron chi connectivity index (χ0n) is 13.8. The van der Waals surface area contributed by atoms with Crippen LogP contribution in [0.2, 0.25) is 0 Å². The van der Waals surface area contributed by atoms with Crippen LogP contribution in [0.5, 0.6) is 0 Å². The van der Waals surface area contributed by atoms with E-state index in [2.05, 4.69) is 62.4 Å². The molecule has 0 N–H and O–H groups in total. The summed E-state index contributed by atoms with van der Waals surface area (Å²) in [6, 6.07) is 24.9. The van der Waals surface area contributed by atoms with Gasteiger partial charge in [-0.3, -0.25) is 0 Å². The summed E-state index contributed by atoms with van der Waals surface area (Å²) in [7, 11) is 0. The second-order valence-corrected chi connectivity index (χ2v) is 6.10. The summed E-state index contributed by atoms with van der Waals surface area (Å²) in [6.07, 6.45) is 0. The summed E-state index contributed by atoms with van der Waals surface area (Å²) in [6.45, 7) is 4.20. The Labute approximate surface area is 141 Å². The van der Waals surface area contributed by atoms with E-state index in [0.717, 1.165) is 33.5 Å². The van der Waals surface area contributed by atoms with Crippen molar-refractivity contribution >= 4 is 10.9 Å². The molecule has 1 heterocycles. The van der Waals surface area contributed by atoms with Crippen molar-refractivity contribution in [2.75, 3.05) is 0 Å². The first-order valence-electron chi connectivity index (χ1n) is 8.12. The summed E-state index contributed by atoms with van der Waals surface area (Å²) in [5.41, 5.74) is 6.58. The van der Waals surface area contributed by atoms with Crippen LogP contribution in [-0.4, -0.2) is 9.97 Å². The van der Waals surface area contributed by atoms with E-state index in [1.807, 2.05) is 24.3 Å². The topological polar surface area (TPSA) is 25.8 Å². The first-order chi connectivity index (χ1) is 11.7. The Bertz CT molecular complexity index is 1030. The molecule has 2 heteroatoms. The Balaban J connectivity index is 2.03. The molecule has 1 aromatic heterocycles. The van der Waals surface area contributed by atoms with Crippen LogP contribution in [0, 0.1) is 13.8 Å². The van der Waals surface area contributed by atoms with Crippen molar-refractivity contribution in [1.82, 2.24) is 9.97 Å². The molecular weight excluding hydrogens is 292 g/mol. The molecule has 0 aliphatic heterocycles. The third-order valence-electron chi connectivity index (χ3n) is 4.28. The van der Waals surface area contributed by atoms with Crippen LogP contribution in [0.3, 0.4) is 0 Å². The molecule has 3 aromatic carbocycles. The molecule has 0 atom stereocenters. The fourth-order valence-electron chi connectivity index (χ4n) is 3.03. The molecular formula is C22H18N2. The van der Waals surface area contributed by atoms with Crippen LogP contribution in [0.1, 0.15) is 11.1 Å². The minimum absolute atomic E-state index is 0.781. The zero-order chi connectivity index (χ0) is 16.5. The number of nitrogens with zero attached hydrogens (tertiary/aromatic N) is 2. The fourth-order valence-corrected chi connectivity index (χ4v) is 3.03. The van der Waals surface area contributed by atoms with E-state index >= 15 is 0 Å². The number of rotatable bonds is 2. The van der Waals surface area contributed by atoms with E-state index in [4.69, 9.17) is 9.97 Å². The maximum absolute atomic E-state index is 4.93. The van der Waals surface area contributed by atoms with Gasteiger partial charge in [0.2, 0.25) is 0 Å². The van der Waals surface area contributed by atoms with Crippen LogP contribution >= 0.6 is 0 Å². The van der Waals surface area contributed by atoms with E-state index in [1.54, 1.807) is 0 Å². The monoisotopic (exact) mass is 310 g/mol. The van der Waals surface area contributed by atoms with E-state index in [1.165, 1.54) is 11.1 Å². The van der Waals surface area contributed by atoms with Gasteiger partial charge in [-0.2, -0.15) is 0 Å². The molecule has 0 aliphatic rings. The van der Waals surface area contributed by atoms with Crippen LogP contribution in [0.25, 0.3) is 33.5 Å². The lowest BCUT2D eigenvalue weighted by Gasteiger charge is -2.11. The van der Waals surface area contributed by atoms with Gasteiger partial charge in [-0.15, -0.1) is 0 Å². The van der Waals surface area contributed by atoms with Gasteiger partial charge in [0.1, 0.15) is 0 Å². The van der Waals surface area contributed by atoms with Crippen molar-refractivity contribution in [2.45, 2.75) is 13.8 Å². The van der Waals surface area contributed by atoms with Crippen molar-refractivity contribution in [3.63, 3.8) is 0 Å². The minimum Gasteiger partial charge on any atom is -0.228 e. The van der Waals surface area contributed by atoms with Gasteiger partial charge < -0.3 is 0 Å². The largest absolute Gasteiger partial charge is 0.228 e. The fraction of sp³-hybridized carbons (Fsp3) is 0.0909. The van der Waals surface area contributed by atoms with Gasteiger partial charge in [0.25, 0.3) is 0 Å². The van der Waals surface area contributed by atoms with Crippen molar-refractivity contribution < 1.29 is 0 Å². The van der Waals surface area contributed by atoms with E-state index in [9.17, 15) is 0 Å². The molecule has 4 aromatic rings. The highest BCUT2D eigenvalue weighted by molar-refractivity contribution is 5.93. The Hall–Kier alpha value is -3.00. The van der Waals surface area contributed by atoms with E-state index in [0.29, 0.717) is 0 Å². The van der Waals surface area contributed by atoms with Crippen molar-refractivity contribution in [3.8, 4) is 22.6 Å². The molecule has 4 rings (SSSR count). The molecule has 0 fully saturated rings. The summed E-state index contributed by atoms with van der Waals surface area (Å²) in [4.78, 5) is 9.74. The predicted octanol–water partition coefficient (Wildman–Crippen LogP) is 5.58. The molecule has 0 radical (unpaired) electrons. The Morgan fingerprint density at radius 2 is 1.50 bits per heavy atom. The maximum atomic E-state index is 4.93. The first kappa shape index (κ1) is 14.6. The first-order valence-corrected chi connectivity index (χ1v) is 8.12. The average molecular weight is 310 g/mol. The molecule has 0 spiro atoms. The van der Waals surface area contributed by atoms with Crippen LogP contribution in [0.4, 0.5) is 0 Å². The van der Waals surface area contributed by atoms with Gasteiger partial charge in [-0.05, 0) is 31.5 Å². The summed E-state index contributed by atoms with van der Waals surface area (Å²) in [5, 5.41) is 1.08. The zero-order valence-corrected chi connectivity index (χ0v) is 13.8. The molecule has 0 unspecified atom stereocenters. The molecule has 116 valence electrons. The number of benzene rings is 3. The second kappa shape index (κ2) is 5.89. The van der Waals surface area contributed by atoms with Gasteiger partial charge in [0.05, 0.1) is 11.2 Å².